The van der Waals surface area contributed by atoms with Crippen molar-refractivity contribution in [3.8, 4) is 11.1 Å². The Labute approximate surface area is 166 Å². The molecule has 1 atom stereocenters. The van der Waals surface area contributed by atoms with Gasteiger partial charge in [-0.2, -0.15) is 13.2 Å². The van der Waals surface area contributed by atoms with Crippen LogP contribution in [0.2, 0.25) is 5.02 Å². The Morgan fingerprint density at radius 3 is 2.31 bits per heavy atom. The van der Waals surface area contributed by atoms with E-state index in [1.807, 2.05) is 5.32 Å². The first kappa shape index (κ1) is 20.6. The van der Waals surface area contributed by atoms with Gasteiger partial charge < -0.3 is 10.6 Å². The second-order valence-corrected chi connectivity index (χ2v) is 6.49. The van der Waals surface area contributed by atoms with Gasteiger partial charge in [0.25, 0.3) is 11.8 Å². The van der Waals surface area contributed by atoms with Crippen LogP contribution in [0.5, 0.6) is 0 Å². The highest BCUT2D eigenvalue weighted by Crippen LogP contribution is 2.34. The lowest BCUT2D eigenvalue weighted by Crippen LogP contribution is -2.41. The first-order chi connectivity index (χ1) is 13.6. The number of hydrogen-bond acceptors (Lipinski definition) is 3. The molecule has 1 heterocycles. The molecule has 0 aliphatic carbocycles. The maximum Gasteiger partial charge on any atom is 0.416 e. The van der Waals surface area contributed by atoms with Crippen molar-refractivity contribution >= 4 is 29.4 Å². The molecule has 1 aliphatic rings. The van der Waals surface area contributed by atoms with Crippen LogP contribution in [-0.4, -0.2) is 30.4 Å². The fourth-order valence-electron chi connectivity index (χ4n) is 2.74. The van der Waals surface area contributed by atoms with E-state index in [1.54, 1.807) is 0 Å². The lowest BCUT2D eigenvalue weighted by atomic mass is 9.97. The number of carbonyl (C=O) groups excluding carboxylic acids is 3. The third-order valence-corrected chi connectivity index (χ3v) is 4.46. The lowest BCUT2D eigenvalue weighted by Gasteiger charge is -2.14. The smallest absolute Gasteiger partial charge is 0.349 e. The molecule has 6 nitrogen and oxygen atoms in total. The molecule has 3 N–H and O–H groups in total. The van der Waals surface area contributed by atoms with Gasteiger partial charge in [-0.05, 0) is 29.8 Å². The Bertz CT molecular complexity index is 993. The summed E-state index contributed by atoms with van der Waals surface area (Å²) in [5.41, 5.74) is -1.41. The fourth-order valence-corrected chi connectivity index (χ4v) is 2.90. The van der Waals surface area contributed by atoms with Gasteiger partial charge in [-0.1, -0.05) is 23.7 Å². The molecule has 29 heavy (non-hydrogen) atoms. The zero-order chi connectivity index (χ0) is 21.3. The van der Waals surface area contributed by atoms with Gasteiger partial charge in [0.15, 0.2) is 0 Å². The molecule has 1 saturated heterocycles. The molecule has 1 unspecified atom stereocenters. The molecular formula is C18H12ClF4N3O3. The number of amides is 4. The van der Waals surface area contributed by atoms with Crippen molar-refractivity contribution in [2.45, 2.75) is 12.2 Å². The molecule has 0 saturated carbocycles. The summed E-state index contributed by atoms with van der Waals surface area (Å²) in [4.78, 5) is 35.1. The van der Waals surface area contributed by atoms with E-state index in [0.717, 1.165) is 30.3 Å². The maximum atomic E-state index is 14.6. The minimum atomic E-state index is -4.57. The van der Waals surface area contributed by atoms with Crippen molar-refractivity contribution in [3.63, 3.8) is 0 Å². The molecule has 152 valence electrons. The van der Waals surface area contributed by atoms with Crippen LogP contribution in [0.3, 0.4) is 0 Å². The minimum absolute atomic E-state index is 0.00932. The fraction of sp³-hybridized carbons (Fsp3) is 0.167. The standard InChI is InChI=1S/C18H12ClF4N3O3/c19-11-6-5-10(15(27)24-7-12-16(28)26-17(29)25-12)13(14(11)20)8-1-3-9(4-2-8)18(21,22)23/h1-6,12H,7H2,(H,24,27)(H2,25,26,28,29). The van der Waals surface area contributed by atoms with Crippen LogP contribution in [0.1, 0.15) is 15.9 Å². The van der Waals surface area contributed by atoms with Crippen molar-refractivity contribution in [2.75, 3.05) is 6.54 Å². The van der Waals surface area contributed by atoms with Gasteiger partial charge in [-0.15, -0.1) is 0 Å². The van der Waals surface area contributed by atoms with E-state index in [2.05, 4.69) is 10.6 Å². The summed E-state index contributed by atoms with van der Waals surface area (Å²) in [7, 11) is 0. The van der Waals surface area contributed by atoms with Crippen molar-refractivity contribution in [1.29, 1.82) is 0 Å². The zero-order valence-corrected chi connectivity index (χ0v) is 15.1. The molecule has 3 rings (SSSR count). The maximum absolute atomic E-state index is 14.6. The Balaban J connectivity index is 1.90. The summed E-state index contributed by atoms with van der Waals surface area (Å²) >= 11 is 5.77. The second-order valence-electron chi connectivity index (χ2n) is 6.08. The Kier molecular flexibility index (Phi) is 5.47. The van der Waals surface area contributed by atoms with Crippen LogP contribution in [0.15, 0.2) is 36.4 Å². The summed E-state index contributed by atoms with van der Waals surface area (Å²) in [6.45, 7) is -0.271. The van der Waals surface area contributed by atoms with E-state index in [-0.39, 0.29) is 28.3 Å². The third kappa shape index (κ3) is 4.32. The molecule has 2 aromatic rings. The van der Waals surface area contributed by atoms with Gasteiger partial charge in [0, 0.05) is 12.1 Å². The molecule has 0 aromatic heterocycles. The van der Waals surface area contributed by atoms with E-state index in [9.17, 15) is 31.9 Å². The number of hydrogen-bond donors (Lipinski definition) is 3. The molecular weight excluding hydrogens is 418 g/mol. The topological polar surface area (TPSA) is 87.3 Å². The number of rotatable bonds is 4. The van der Waals surface area contributed by atoms with Crippen molar-refractivity contribution in [2.24, 2.45) is 0 Å². The third-order valence-electron chi connectivity index (χ3n) is 4.17. The highest BCUT2D eigenvalue weighted by atomic mass is 35.5. The zero-order valence-electron chi connectivity index (χ0n) is 14.4. The number of imide groups is 1. The molecule has 0 radical (unpaired) electrons. The molecule has 2 aromatic carbocycles. The van der Waals surface area contributed by atoms with Gasteiger partial charge in [0.05, 0.1) is 16.1 Å². The second kappa shape index (κ2) is 7.70. The summed E-state index contributed by atoms with van der Waals surface area (Å²) in [5, 5.41) is 6.33. The summed E-state index contributed by atoms with van der Waals surface area (Å²) in [5.74, 6) is -2.42. The van der Waals surface area contributed by atoms with Crippen LogP contribution < -0.4 is 16.0 Å². The molecule has 1 aliphatic heterocycles. The number of nitrogens with one attached hydrogen (secondary N) is 3. The number of benzene rings is 2. The van der Waals surface area contributed by atoms with E-state index >= 15 is 0 Å². The van der Waals surface area contributed by atoms with Crippen LogP contribution in [0, 0.1) is 5.82 Å². The van der Waals surface area contributed by atoms with Gasteiger partial charge in [-0.25, -0.2) is 9.18 Å². The molecule has 0 spiro atoms. The van der Waals surface area contributed by atoms with Gasteiger partial charge in [0.1, 0.15) is 11.9 Å². The van der Waals surface area contributed by atoms with Crippen molar-refractivity contribution in [3.05, 3.63) is 58.4 Å². The Morgan fingerprint density at radius 1 is 1.10 bits per heavy atom. The van der Waals surface area contributed by atoms with E-state index in [4.69, 9.17) is 11.6 Å². The molecule has 0 bridgehead atoms. The lowest BCUT2D eigenvalue weighted by molar-refractivity contribution is -0.137. The number of carbonyl (C=O) groups is 3. The molecule has 4 amide bonds. The van der Waals surface area contributed by atoms with Crippen LogP contribution in [-0.2, 0) is 11.0 Å². The summed E-state index contributed by atoms with van der Waals surface area (Å²) in [6.07, 6.45) is -4.57. The highest BCUT2D eigenvalue weighted by molar-refractivity contribution is 6.31. The van der Waals surface area contributed by atoms with Gasteiger partial charge in [0.2, 0.25) is 0 Å². The summed E-state index contributed by atoms with van der Waals surface area (Å²) in [6, 6.07) is 4.20. The average molecular weight is 430 g/mol. The van der Waals surface area contributed by atoms with Gasteiger partial charge in [-0.3, -0.25) is 14.9 Å². The average Bonchev–Trinajstić information content (AvgIpc) is 2.98. The largest absolute Gasteiger partial charge is 0.416 e. The van der Waals surface area contributed by atoms with Crippen molar-refractivity contribution < 1.29 is 31.9 Å². The van der Waals surface area contributed by atoms with Gasteiger partial charge >= 0.3 is 12.2 Å². The van der Waals surface area contributed by atoms with E-state index in [1.165, 1.54) is 6.07 Å². The number of halogens is 5. The van der Waals surface area contributed by atoms with Crippen molar-refractivity contribution in [1.82, 2.24) is 16.0 Å². The Hall–Kier alpha value is -3.14. The predicted molar refractivity (Wildman–Crippen MR) is 94.6 cm³/mol. The van der Waals surface area contributed by atoms with Crippen LogP contribution >= 0.6 is 11.6 Å². The first-order valence-corrected chi connectivity index (χ1v) is 8.51. The first-order valence-electron chi connectivity index (χ1n) is 8.13. The van der Waals surface area contributed by atoms with Crippen LogP contribution in [0.4, 0.5) is 22.4 Å². The summed E-state index contributed by atoms with van der Waals surface area (Å²) < 4.78 is 52.9. The number of alkyl halides is 3. The minimum Gasteiger partial charge on any atom is -0.349 e. The molecule has 1 fully saturated rings. The predicted octanol–water partition coefficient (Wildman–Crippen LogP) is 3.10. The monoisotopic (exact) mass is 429 g/mol. The van der Waals surface area contributed by atoms with Crippen LogP contribution in [0.25, 0.3) is 11.1 Å². The highest BCUT2D eigenvalue weighted by Gasteiger charge is 2.31. The number of urea groups is 1. The normalized spacial score (nSPS) is 16.4. The molecule has 11 heteroatoms. The quantitative estimate of drug-likeness (QED) is 0.515. The SMILES string of the molecule is O=C1NC(=O)C(CNC(=O)c2ccc(Cl)c(F)c2-c2ccc(C(F)(F)F)cc2)N1. The Morgan fingerprint density at radius 2 is 1.76 bits per heavy atom. The van der Waals surface area contributed by atoms with E-state index in [0.29, 0.717) is 0 Å². The van der Waals surface area contributed by atoms with E-state index < -0.39 is 41.4 Å².